The Balaban J connectivity index is 1.49. The molecule has 1 unspecified atom stereocenters. The molecule has 0 aromatic heterocycles. The Hall–Kier alpha value is -2.48. The molecule has 0 aliphatic carbocycles. The Morgan fingerprint density at radius 3 is 2.48 bits per heavy atom. The van der Waals surface area contributed by atoms with Crippen molar-refractivity contribution < 1.29 is 14.3 Å². The smallest absolute Gasteiger partial charge is 0.224 e. The van der Waals surface area contributed by atoms with Crippen molar-refractivity contribution in [3.8, 4) is 11.5 Å². The molecule has 2 heterocycles. The average Bonchev–Trinajstić information content (AvgIpc) is 3.46. The molecular weight excluding hydrogens is 394 g/mol. The van der Waals surface area contributed by atoms with Crippen LogP contribution in [0.5, 0.6) is 11.5 Å². The molecule has 0 spiro atoms. The fraction of sp³-hybridized carbons (Fsp3) is 0.652. The van der Waals surface area contributed by atoms with E-state index < -0.39 is 0 Å². The van der Waals surface area contributed by atoms with Crippen molar-refractivity contribution >= 4 is 11.9 Å². The number of likely N-dealkylation sites (tertiary alicyclic amines) is 2. The van der Waals surface area contributed by atoms with Crippen LogP contribution in [-0.4, -0.2) is 81.2 Å². The van der Waals surface area contributed by atoms with Gasteiger partial charge in [0.2, 0.25) is 5.91 Å². The largest absolute Gasteiger partial charge is 0.497 e. The molecule has 2 aliphatic rings. The van der Waals surface area contributed by atoms with Crippen LogP contribution in [-0.2, 0) is 11.3 Å². The summed E-state index contributed by atoms with van der Waals surface area (Å²) in [4.78, 5) is 21.2. The average molecular weight is 432 g/mol. The van der Waals surface area contributed by atoms with Crippen molar-refractivity contribution in [1.82, 2.24) is 20.4 Å². The summed E-state index contributed by atoms with van der Waals surface area (Å²) < 4.78 is 10.8. The van der Waals surface area contributed by atoms with Crippen LogP contribution >= 0.6 is 0 Å². The number of hydrogen-bond donors (Lipinski definition) is 2. The number of guanidine groups is 1. The number of aliphatic imine (C=N–C) groups is 1. The maximum absolute atomic E-state index is 12.2. The van der Waals surface area contributed by atoms with Gasteiger partial charge in [0.15, 0.2) is 5.96 Å². The molecule has 2 aliphatic heterocycles. The summed E-state index contributed by atoms with van der Waals surface area (Å²) in [5.41, 5.74) is 1.18. The van der Waals surface area contributed by atoms with E-state index in [-0.39, 0.29) is 5.91 Å². The molecule has 1 aromatic rings. The van der Waals surface area contributed by atoms with Crippen molar-refractivity contribution in [2.75, 3.05) is 53.5 Å². The molecule has 0 radical (unpaired) electrons. The number of nitrogens with zero attached hydrogens (tertiary/aromatic N) is 3. The molecule has 8 heteroatoms. The lowest BCUT2D eigenvalue weighted by Gasteiger charge is -2.19. The summed E-state index contributed by atoms with van der Waals surface area (Å²) >= 11 is 0. The first-order valence-electron chi connectivity index (χ1n) is 11.4. The second kappa shape index (κ2) is 11.8. The van der Waals surface area contributed by atoms with Gasteiger partial charge in [-0.15, -0.1) is 0 Å². The molecule has 2 saturated heterocycles. The summed E-state index contributed by atoms with van der Waals surface area (Å²) in [6, 6.07) is 6.35. The number of hydrogen-bond acceptors (Lipinski definition) is 5. The summed E-state index contributed by atoms with van der Waals surface area (Å²) in [6.07, 6.45) is 3.78. The summed E-state index contributed by atoms with van der Waals surface area (Å²) in [5, 5.41) is 6.85. The van der Waals surface area contributed by atoms with Crippen molar-refractivity contribution in [3.05, 3.63) is 23.8 Å². The summed E-state index contributed by atoms with van der Waals surface area (Å²) in [5.74, 6) is 2.64. The first-order valence-corrected chi connectivity index (χ1v) is 11.4. The van der Waals surface area contributed by atoms with Gasteiger partial charge in [0.1, 0.15) is 11.5 Å². The number of carbonyl (C=O) groups excluding carboxylic acids is 1. The van der Waals surface area contributed by atoms with Crippen LogP contribution in [0.3, 0.4) is 0 Å². The lowest BCUT2D eigenvalue weighted by molar-refractivity contribution is -0.129. The summed E-state index contributed by atoms with van der Waals surface area (Å²) in [7, 11) is 3.35. The number of nitrogens with one attached hydrogen (secondary N) is 2. The minimum absolute atomic E-state index is 0.220. The SMILES string of the molecule is CCNC(=NCCC(=O)N1CCCC1)NC1CCN(Cc2cc(OC)cc(OC)c2)C1. The van der Waals surface area contributed by atoms with E-state index in [2.05, 4.69) is 39.6 Å². The Bertz CT molecular complexity index is 726. The quantitative estimate of drug-likeness (QED) is 0.459. The monoisotopic (exact) mass is 431 g/mol. The highest BCUT2D eigenvalue weighted by atomic mass is 16.5. The molecule has 1 atom stereocenters. The zero-order valence-electron chi connectivity index (χ0n) is 19.2. The third-order valence-electron chi connectivity index (χ3n) is 5.83. The van der Waals surface area contributed by atoms with Gasteiger partial charge in [-0.3, -0.25) is 14.7 Å². The van der Waals surface area contributed by atoms with E-state index in [1.54, 1.807) is 14.2 Å². The highest BCUT2D eigenvalue weighted by Crippen LogP contribution is 2.24. The third-order valence-corrected chi connectivity index (χ3v) is 5.83. The highest BCUT2D eigenvalue weighted by molar-refractivity contribution is 5.81. The maximum Gasteiger partial charge on any atom is 0.224 e. The minimum atomic E-state index is 0.220. The number of ether oxygens (including phenoxy) is 2. The second-order valence-corrected chi connectivity index (χ2v) is 8.18. The van der Waals surface area contributed by atoms with Gasteiger partial charge >= 0.3 is 0 Å². The Morgan fingerprint density at radius 2 is 1.84 bits per heavy atom. The van der Waals surface area contributed by atoms with Gasteiger partial charge in [0.25, 0.3) is 0 Å². The molecule has 172 valence electrons. The van der Waals surface area contributed by atoms with E-state index in [0.29, 0.717) is 19.0 Å². The number of benzene rings is 1. The lowest BCUT2D eigenvalue weighted by atomic mass is 10.2. The van der Waals surface area contributed by atoms with Crippen LogP contribution < -0.4 is 20.1 Å². The van der Waals surface area contributed by atoms with E-state index >= 15 is 0 Å². The fourth-order valence-corrected chi connectivity index (χ4v) is 4.21. The lowest BCUT2D eigenvalue weighted by Crippen LogP contribution is -2.44. The Morgan fingerprint density at radius 1 is 1.13 bits per heavy atom. The van der Waals surface area contributed by atoms with Gasteiger partial charge in [0.05, 0.1) is 20.8 Å². The molecule has 0 saturated carbocycles. The molecule has 0 bridgehead atoms. The predicted molar refractivity (Wildman–Crippen MR) is 123 cm³/mol. The topological polar surface area (TPSA) is 78.4 Å². The zero-order valence-corrected chi connectivity index (χ0v) is 19.2. The van der Waals surface area contributed by atoms with Crippen molar-refractivity contribution in [1.29, 1.82) is 0 Å². The van der Waals surface area contributed by atoms with Gasteiger partial charge in [0, 0.05) is 57.8 Å². The molecular formula is C23H37N5O3. The van der Waals surface area contributed by atoms with Gasteiger partial charge < -0.3 is 25.0 Å². The van der Waals surface area contributed by atoms with Gasteiger partial charge in [-0.1, -0.05) is 0 Å². The molecule has 8 nitrogen and oxygen atoms in total. The second-order valence-electron chi connectivity index (χ2n) is 8.18. The number of amides is 1. The van der Waals surface area contributed by atoms with Crippen molar-refractivity contribution in [2.45, 2.75) is 45.2 Å². The van der Waals surface area contributed by atoms with Crippen LogP contribution in [0.25, 0.3) is 0 Å². The minimum Gasteiger partial charge on any atom is -0.497 e. The first-order chi connectivity index (χ1) is 15.1. The molecule has 31 heavy (non-hydrogen) atoms. The fourth-order valence-electron chi connectivity index (χ4n) is 4.21. The number of rotatable bonds is 9. The first kappa shape index (κ1) is 23.2. The van der Waals surface area contributed by atoms with Gasteiger partial charge in [-0.25, -0.2) is 0 Å². The van der Waals surface area contributed by atoms with Gasteiger partial charge in [-0.2, -0.15) is 0 Å². The molecule has 3 rings (SSSR count). The highest BCUT2D eigenvalue weighted by Gasteiger charge is 2.24. The van der Waals surface area contributed by atoms with Crippen molar-refractivity contribution in [2.24, 2.45) is 4.99 Å². The van der Waals surface area contributed by atoms with Crippen LogP contribution in [0.4, 0.5) is 0 Å². The van der Waals surface area contributed by atoms with Crippen LogP contribution in [0.1, 0.15) is 38.2 Å². The summed E-state index contributed by atoms with van der Waals surface area (Å²) in [6.45, 7) is 7.99. The molecule has 1 amide bonds. The van der Waals surface area contributed by atoms with Gasteiger partial charge in [-0.05, 0) is 43.9 Å². The van der Waals surface area contributed by atoms with Crippen molar-refractivity contribution in [3.63, 3.8) is 0 Å². The van der Waals surface area contributed by atoms with Crippen LogP contribution in [0.2, 0.25) is 0 Å². The molecule has 1 aromatic carbocycles. The molecule has 2 fully saturated rings. The van der Waals surface area contributed by atoms with E-state index in [9.17, 15) is 4.79 Å². The van der Waals surface area contributed by atoms with Crippen LogP contribution in [0, 0.1) is 0 Å². The van der Waals surface area contributed by atoms with E-state index in [1.807, 2.05) is 11.0 Å². The van der Waals surface area contributed by atoms with Crippen LogP contribution in [0.15, 0.2) is 23.2 Å². The van der Waals surface area contributed by atoms with E-state index in [0.717, 1.165) is 76.0 Å². The third kappa shape index (κ3) is 7.02. The standard InChI is InChI=1S/C23H37N5O3/c1-4-24-23(25-9-7-22(29)28-10-5-6-11-28)26-19-8-12-27(17-19)16-18-13-20(30-2)15-21(14-18)31-3/h13-15,19H,4-12,16-17H2,1-3H3,(H2,24,25,26). The predicted octanol–water partition coefficient (Wildman–Crippen LogP) is 1.85. The van der Waals surface area contributed by atoms with E-state index in [4.69, 9.17) is 9.47 Å². The maximum atomic E-state index is 12.2. The zero-order chi connectivity index (χ0) is 22.1. The van der Waals surface area contributed by atoms with E-state index in [1.165, 1.54) is 5.56 Å². The Labute approximate surface area is 186 Å². The number of carbonyl (C=O) groups is 1. The molecule has 2 N–H and O–H groups in total. The normalized spacial score (nSPS) is 19.5. The number of methoxy groups -OCH3 is 2. The Kier molecular flexibility index (Phi) is 8.82.